The molecule has 0 bridgehead atoms. The molecule has 0 spiro atoms. The lowest BCUT2D eigenvalue weighted by Crippen LogP contribution is -2.45. The van der Waals surface area contributed by atoms with Crippen LogP contribution in [0.2, 0.25) is 0 Å². The highest BCUT2D eigenvalue weighted by atomic mass is 32.1. The summed E-state index contributed by atoms with van der Waals surface area (Å²) in [6, 6.07) is 16.5. The Bertz CT molecular complexity index is 1190. The van der Waals surface area contributed by atoms with Crippen molar-refractivity contribution in [2.24, 2.45) is 0 Å². The maximum atomic E-state index is 13.7. The van der Waals surface area contributed by atoms with E-state index >= 15 is 0 Å². The van der Waals surface area contributed by atoms with Crippen LogP contribution in [-0.4, -0.2) is 75.9 Å². The Hall–Kier alpha value is -3.76. The zero-order chi connectivity index (χ0) is 28.7. The normalized spacial score (nSPS) is 10.6. The summed E-state index contributed by atoms with van der Waals surface area (Å²) in [6.45, 7) is 4.33. The molecule has 40 heavy (non-hydrogen) atoms. The second-order valence-corrected chi connectivity index (χ2v) is 10.00. The van der Waals surface area contributed by atoms with E-state index in [2.05, 4.69) is 5.32 Å². The largest absolute Gasteiger partial charge is 0.497 e. The van der Waals surface area contributed by atoms with E-state index in [1.807, 2.05) is 42.6 Å². The molecular weight excluding hydrogens is 530 g/mol. The topological polar surface area (TPSA) is 89.6 Å². The highest BCUT2D eigenvalue weighted by Gasteiger charge is 2.22. The lowest BCUT2D eigenvalue weighted by atomic mass is 10.1. The predicted molar refractivity (Wildman–Crippen MR) is 158 cm³/mol. The summed E-state index contributed by atoms with van der Waals surface area (Å²) in [6.07, 6.45) is 1.24. The molecule has 1 heterocycles. The Morgan fingerprint density at radius 1 is 0.900 bits per heavy atom. The number of hydrogen-bond acceptors (Lipinski definition) is 7. The van der Waals surface area contributed by atoms with Gasteiger partial charge in [0.15, 0.2) is 11.5 Å². The first-order valence-electron chi connectivity index (χ1n) is 13.3. The molecule has 10 heteroatoms. The monoisotopic (exact) mass is 569 g/mol. The van der Waals surface area contributed by atoms with Crippen LogP contribution in [0.1, 0.15) is 23.8 Å². The minimum Gasteiger partial charge on any atom is -0.497 e. The van der Waals surface area contributed by atoms with Crippen molar-refractivity contribution in [2.75, 3.05) is 59.5 Å². The molecule has 0 saturated carbocycles. The van der Waals surface area contributed by atoms with Gasteiger partial charge in [0.05, 0.1) is 27.9 Å². The van der Waals surface area contributed by atoms with Gasteiger partial charge < -0.3 is 34.1 Å². The summed E-state index contributed by atoms with van der Waals surface area (Å²) < 4.78 is 21.5. The molecule has 2 aromatic carbocycles. The van der Waals surface area contributed by atoms with E-state index in [1.54, 1.807) is 66.7 Å². The Labute approximate surface area is 240 Å². The van der Waals surface area contributed by atoms with Gasteiger partial charge in [-0.3, -0.25) is 4.79 Å². The smallest absolute Gasteiger partial charge is 0.322 e. The van der Waals surface area contributed by atoms with Gasteiger partial charge in [-0.15, -0.1) is 11.3 Å². The molecule has 0 aliphatic heterocycles. The van der Waals surface area contributed by atoms with Crippen LogP contribution in [0.4, 0.5) is 10.5 Å². The second-order valence-electron chi connectivity index (χ2n) is 8.96. The number of carbonyl (C=O) groups excluding carboxylic acids is 2. The van der Waals surface area contributed by atoms with E-state index in [4.69, 9.17) is 18.9 Å². The third kappa shape index (κ3) is 9.46. The number of hydrogen-bond donors (Lipinski definition) is 1. The summed E-state index contributed by atoms with van der Waals surface area (Å²) in [7, 11) is 4.79. The number of rotatable bonds is 16. The van der Waals surface area contributed by atoms with Gasteiger partial charge in [0, 0.05) is 36.9 Å². The second kappa shape index (κ2) is 16.4. The number of anilines is 1. The van der Waals surface area contributed by atoms with Crippen molar-refractivity contribution >= 4 is 29.0 Å². The van der Waals surface area contributed by atoms with Crippen LogP contribution in [0, 0.1) is 0 Å². The minimum absolute atomic E-state index is 0.0502. The summed E-state index contributed by atoms with van der Waals surface area (Å²) in [5.74, 6) is 1.87. The number of ether oxygens (including phenoxy) is 4. The highest BCUT2D eigenvalue weighted by Crippen LogP contribution is 2.28. The zero-order valence-corrected chi connectivity index (χ0v) is 24.5. The Balaban J connectivity index is 1.73. The van der Waals surface area contributed by atoms with E-state index < -0.39 is 0 Å². The number of nitrogens with zero attached hydrogens (tertiary/aromatic N) is 2. The Kier molecular flexibility index (Phi) is 12.6. The molecule has 0 unspecified atom stereocenters. The molecule has 0 radical (unpaired) electrons. The predicted octanol–water partition coefficient (Wildman–Crippen LogP) is 5.31. The first-order chi connectivity index (χ1) is 19.5. The van der Waals surface area contributed by atoms with Crippen molar-refractivity contribution in [3.8, 4) is 17.2 Å². The standard InChI is InChI=1S/C30H39N3O6S/c1-5-39-18-7-16-33(30(35)31-24-10-12-25(36-2)13-11-24)22-29(34)32(21-26-8-6-19-40-26)17-15-23-9-14-27(37-3)28(20-23)38-4/h6,8-14,19-20H,5,7,15-18,21-22H2,1-4H3,(H,31,35). The summed E-state index contributed by atoms with van der Waals surface area (Å²) >= 11 is 1.60. The summed E-state index contributed by atoms with van der Waals surface area (Å²) in [5, 5.41) is 4.90. The van der Waals surface area contributed by atoms with Gasteiger partial charge in [-0.05, 0) is 73.2 Å². The van der Waals surface area contributed by atoms with E-state index in [1.165, 1.54) is 0 Å². The van der Waals surface area contributed by atoms with Crippen LogP contribution in [0.5, 0.6) is 17.2 Å². The van der Waals surface area contributed by atoms with Crippen LogP contribution in [0.15, 0.2) is 60.0 Å². The Morgan fingerprint density at radius 2 is 1.68 bits per heavy atom. The van der Waals surface area contributed by atoms with E-state index in [9.17, 15) is 9.59 Å². The van der Waals surface area contributed by atoms with Gasteiger partial charge in [0.1, 0.15) is 12.3 Å². The van der Waals surface area contributed by atoms with E-state index in [0.717, 1.165) is 10.4 Å². The van der Waals surface area contributed by atoms with Crippen molar-refractivity contribution in [3.63, 3.8) is 0 Å². The number of thiophene rings is 1. The van der Waals surface area contributed by atoms with Crippen LogP contribution in [0.3, 0.4) is 0 Å². The zero-order valence-electron chi connectivity index (χ0n) is 23.7. The summed E-state index contributed by atoms with van der Waals surface area (Å²) in [5.41, 5.74) is 1.64. The average Bonchev–Trinajstić information content (AvgIpc) is 3.50. The fourth-order valence-corrected chi connectivity index (χ4v) is 4.80. The third-order valence-electron chi connectivity index (χ3n) is 6.27. The van der Waals surface area contributed by atoms with Gasteiger partial charge in [-0.2, -0.15) is 0 Å². The molecule has 1 N–H and O–H groups in total. The molecule has 0 aliphatic carbocycles. The van der Waals surface area contributed by atoms with Crippen molar-refractivity contribution in [1.29, 1.82) is 0 Å². The quantitative estimate of drug-likeness (QED) is 0.235. The molecule has 216 valence electrons. The molecular formula is C30H39N3O6S. The molecule has 0 fully saturated rings. The van der Waals surface area contributed by atoms with E-state index in [0.29, 0.717) is 68.6 Å². The van der Waals surface area contributed by atoms with Gasteiger partial charge in [0.2, 0.25) is 5.91 Å². The molecule has 9 nitrogen and oxygen atoms in total. The fourth-order valence-electron chi connectivity index (χ4n) is 4.08. The first-order valence-corrected chi connectivity index (χ1v) is 14.1. The molecule has 3 rings (SSSR count). The maximum absolute atomic E-state index is 13.7. The van der Waals surface area contributed by atoms with Crippen LogP contribution in [-0.2, 0) is 22.5 Å². The fraction of sp³-hybridized carbons (Fsp3) is 0.400. The third-order valence-corrected chi connectivity index (χ3v) is 7.13. The molecule has 0 saturated heterocycles. The number of urea groups is 1. The van der Waals surface area contributed by atoms with Crippen molar-refractivity contribution in [3.05, 3.63) is 70.4 Å². The van der Waals surface area contributed by atoms with Crippen LogP contribution < -0.4 is 19.5 Å². The number of carbonyl (C=O) groups is 2. The molecule has 3 amide bonds. The van der Waals surface area contributed by atoms with Gasteiger partial charge in [-0.25, -0.2) is 4.79 Å². The van der Waals surface area contributed by atoms with Crippen molar-refractivity contribution in [1.82, 2.24) is 9.80 Å². The van der Waals surface area contributed by atoms with Crippen molar-refractivity contribution in [2.45, 2.75) is 26.3 Å². The number of nitrogens with one attached hydrogen (secondary N) is 1. The number of benzene rings is 2. The number of amides is 3. The van der Waals surface area contributed by atoms with Gasteiger partial charge >= 0.3 is 6.03 Å². The minimum atomic E-state index is -0.342. The lowest BCUT2D eigenvalue weighted by molar-refractivity contribution is -0.132. The first kappa shape index (κ1) is 30.8. The number of methoxy groups -OCH3 is 3. The average molecular weight is 570 g/mol. The van der Waals surface area contributed by atoms with Crippen molar-refractivity contribution < 1.29 is 28.5 Å². The maximum Gasteiger partial charge on any atom is 0.322 e. The van der Waals surface area contributed by atoms with E-state index in [-0.39, 0.29) is 18.5 Å². The Morgan fingerprint density at radius 3 is 2.33 bits per heavy atom. The lowest BCUT2D eigenvalue weighted by Gasteiger charge is -2.28. The molecule has 0 atom stereocenters. The molecule has 0 aliphatic rings. The molecule has 3 aromatic rings. The van der Waals surface area contributed by atoms with Gasteiger partial charge in [0.25, 0.3) is 0 Å². The SMILES string of the molecule is CCOCCCN(CC(=O)N(CCc1ccc(OC)c(OC)c1)Cc1cccs1)C(=O)Nc1ccc(OC)cc1. The summed E-state index contributed by atoms with van der Waals surface area (Å²) in [4.78, 5) is 31.4. The van der Waals surface area contributed by atoms with Crippen LogP contribution >= 0.6 is 11.3 Å². The van der Waals surface area contributed by atoms with Gasteiger partial charge in [-0.1, -0.05) is 12.1 Å². The molecule has 1 aromatic heterocycles. The highest BCUT2D eigenvalue weighted by molar-refractivity contribution is 7.09. The van der Waals surface area contributed by atoms with Crippen LogP contribution in [0.25, 0.3) is 0 Å².